The third-order valence-corrected chi connectivity index (χ3v) is 8.15. The number of hydrogen-bond donors (Lipinski definition) is 0. The lowest BCUT2D eigenvalue weighted by molar-refractivity contribution is -0.384. The Morgan fingerprint density at radius 2 is 1.32 bits per heavy atom. The quantitative estimate of drug-likeness (QED) is 0.0203. The summed E-state index contributed by atoms with van der Waals surface area (Å²) in [5.74, 6) is -1.36. The molecule has 0 aliphatic heterocycles. The van der Waals surface area contributed by atoms with E-state index in [1.165, 1.54) is 24.3 Å². The van der Waals surface area contributed by atoms with Crippen LogP contribution in [-0.4, -0.2) is 54.3 Å². The number of carbonyl (C=O) groups excluding carboxylic acids is 5. The number of non-ortho nitro benzene ring substituents is 1. The predicted molar refractivity (Wildman–Crippen MR) is 193 cm³/mol. The lowest BCUT2D eigenvalue weighted by atomic mass is 9.97. The Labute approximate surface area is 310 Å². The number of nitrogens with zero attached hydrogens (tertiary/aromatic N) is 1. The van der Waals surface area contributed by atoms with Crippen molar-refractivity contribution in [3.63, 3.8) is 0 Å². The van der Waals surface area contributed by atoms with Gasteiger partial charge >= 0.3 is 30.0 Å². The highest BCUT2D eigenvalue weighted by Gasteiger charge is 2.22. The number of carbonyl (C=O) groups is 5. The Balaban J connectivity index is 1.73. The average Bonchev–Trinajstić information content (AvgIpc) is 3.10. The number of hydrogen-bond acceptors (Lipinski definition) is 13. The zero-order chi connectivity index (χ0) is 39.3. The molecule has 53 heavy (non-hydrogen) atoms. The van der Waals surface area contributed by atoms with Gasteiger partial charge in [-0.3, -0.25) is 29.3 Å². The standard InChI is InChI=1S/C39H53NO13/c1-7-12-34(41)48-24-33(25-49-35(42)13-8-2)51-36(43)20-26(3)14-10-9-11-15-27(4)38(44)53-37-28(5)21-30(22-29(37)6)23-50-39(45)52-32-18-16-31(17-19-32)40(46)47/h16-19,21-22,26-27,33H,7-15,20,23-25H2,1-6H3. The molecule has 0 aliphatic carbocycles. The van der Waals surface area contributed by atoms with Gasteiger partial charge in [-0.25, -0.2) is 4.79 Å². The van der Waals surface area contributed by atoms with E-state index in [0.717, 1.165) is 25.7 Å². The number of nitro groups is 1. The Hall–Kier alpha value is -5.01. The minimum Gasteiger partial charge on any atom is -0.462 e. The number of unbranched alkanes of at least 4 members (excludes halogenated alkanes) is 2. The third-order valence-electron chi connectivity index (χ3n) is 8.15. The van der Waals surface area contributed by atoms with Gasteiger partial charge in [0.05, 0.1) is 10.8 Å². The maximum atomic E-state index is 12.9. The molecule has 0 aliphatic rings. The van der Waals surface area contributed by atoms with E-state index in [0.29, 0.717) is 41.7 Å². The maximum absolute atomic E-state index is 12.9. The Bertz CT molecular complexity index is 1480. The van der Waals surface area contributed by atoms with Crippen molar-refractivity contribution < 1.29 is 57.3 Å². The highest BCUT2D eigenvalue weighted by molar-refractivity contribution is 5.75. The average molecular weight is 744 g/mol. The topological polar surface area (TPSA) is 184 Å². The van der Waals surface area contributed by atoms with Gasteiger partial charge in [0.15, 0.2) is 6.10 Å². The van der Waals surface area contributed by atoms with Gasteiger partial charge in [0.2, 0.25) is 0 Å². The van der Waals surface area contributed by atoms with Crippen molar-refractivity contribution in [2.75, 3.05) is 13.2 Å². The molecule has 0 aromatic heterocycles. The molecule has 2 rings (SSSR count). The molecule has 2 aromatic rings. The summed E-state index contributed by atoms with van der Waals surface area (Å²) in [7, 11) is 0. The summed E-state index contributed by atoms with van der Waals surface area (Å²) >= 11 is 0. The molecule has 0 heterocycles. The molecule has 0 spiro atoms. The van der Waals surface area contributed by atoms with Gasteiger partial charge < -0.3 is 28.4 Å². The van der Waals surface area contributed by atoms with Crippen molar-refractivity contribution in [2.45, 2.75) is 118 Å². The molecule has 0 amide bonds. The molecule has 14 heteroatoms. The predicted octanol–water partition coefficient (Wildman–Crippen LogP) is 8.04. The summed E-state index contributed by atoms with van der Waals surface area (Å²) in [6.07, 6.45) is 4.00. The zero-order valence-electron chi connectivity index (χ0n) is 31.6. The van der Waals surface area contributed by atoms with Gasteiger partial charge in [-0.15, -0.1) is 0 Å². The van der Waals surface area contributed by atoms with E-state index >= 15 is 0 Å². The highest BCUT2D eigenvalue weighted by Crippen LogP contribution is 2.27. The third kappa shape index (κ3) is 17.4. The minimum absolute atomic E-state index is 0.0378. The number of esters is 4. The molecule has 2 aromatic carbocycles. The highest BCUT2D eigenvalue weighted by atomic mass is 16.7. The molecular formula is C39H53NO13. The van der Waals surface area contributed by atoms with Crippen LogP contribution >= 0.6 is 0 Å². The van der Waals surface area contributed by atoms with Crippen LogP contribution in [0.25, 0.3) is 0 Å². The van der Waals surface area contributed by atoms with Gasteiger partial charge in [0, 0.05) is 31.4 Å². The summed E-state index contributed by atoms with van der Waals surface area (Å²) in [5, 5.41) is 10.8. The van der Waals surface area contributed by atoms with E-state index in [-0.39, 0.29) is 68.3 Å². The molecule has 14 nitrogen and oxygen atoms in total. The van der Waals surface area contributed by atoms with Crippen molar-refractivity contribution in [1.82, 2.24) is 0 Å². The van der Waals surface area contributed by atoms with Crippen LogP contribution in [0.3, 0.4) is 0 Å². The first kappa shape index (κ1) is 44.2. The number of benzene rings is 2. The van der Waals surface area contributed by atoms with Crippen LogP contribution in [0.5, 0.6) is 11.5 Å². The van der Waals surface area contributed by atoms with E-state index in [1.807, 2.05) is 27.7 Å². The van der Waals surface area contributed by atoms with Crippen LogP contribution in [0.2, 0.25) is 0 Å². The molecule has 0 bridgehead atoms. The Morgan fingerprint density at radius 3 is 1.87 bits per heavy atom. The normalized spacial score (nSPS) is 12.0. The number of nitro benzene ring substituents is 1. The second-order valence-corrected chi connectivity index (χ2v) is 13.2. The zero-order valence-corrected chi connectivity index (χ0v) is 31.6. The van der Waals surface area contributed by atoms with Crippen molar-refractivity contribution >= 4 is 35.7 Å². The second-order valence-electron chi connectivity index (χ2n) is 13.2. The van der Waals surface area contributed by atoms with E-state index in [4.69, 9.17) is 28.4 Å². The van der Waals surface area contributed by atoms with E-state index < -0.39 is 35.1 Å². The fourth-order valence-corrected chi connectivity index (χ4v) is 5.29. The molecular weight excluding hydrogens is 690 g/mol. The number of ether oxygens (including phenoxy) is 6. The lowest BCUT2D eigenvalue weighted by Gasteiger charge is -2.19. The van der Waals surface area contributed by atoms with Crippen LogP contribution < -0.4 is 9.47 Å². The van der Waals surface area contributed by atoms with Crippen molar-refractivity contribution in [2.24, 2.45) is 11.8 Å². The van der Waals surface area contributed by atoms with Gasteiger partial charge in [-0.05, 0) is 80.0 Å². The molecule has 2 atom stereocenters. The first-order chi connectivity index (χ1) is 25.2. The van der Waals surface area contributed by atoms with Crippen LogP contribution in [0.4, 0.5) is 10.5 Å². The molecule has 292 valence electrons. The van der Waals surface area contributed by atoms with E-state index in [1.54, 1.807) is 26.0 Å². The van der Waals surface area contributed by atoms with E-state index in [2.05, 4.69) is 0 Å². The summed E-state index contributed by atoms with van der Waals surface area (Å²) in [5.41, 5.74) is 1.92. The Kier molecular flexibility index (Phi) is 19.6. The fourth-order valence-electron chi connectivity index (χ4n) is 5.29. The van der Waals surface area contributed by atoms with Gasteiger partial charge in [0.25, 0.3) is 5.69 Å². The molecule has 0 saturated carbocycles. The minimum atomic E-state index is -0.967. The summed E-state index contributed by atoms with van der Waals surface area (Å²) < 4.78 is 31.9. The Morgan fingerprint density at radius 1 is 0.755 bits per heavy atom. The maximum Gasteiger partial charge on any atom is 0.514 e. The van der Waals surface area contributed by atoms with Crippen LogP contribution in [0.15, 0.2) is 36.4 Å². The van der Waals surface area contributed by atoms with Gasteiger partial charge in [-0.2, -0.15) is 0 Å². The first-order valence-corrected chi connectivity index (χ1v) is 18.1. The number of rotatable bonds is 23. The van der Waals surface area contributed by atoms with E-state index in [9.17, 15) is 34.1 Å². The SMILES string of the molecule is CCCC(=O)OCC(COC(=O)CCC)OC(=O)CC(C)CCCCCC(C)C(=O)Oc1c(C)cc(COC(=O)Oc2ccc([N+](=O)[O-])cc2)cc1C. The molecule has 0 fully saturated rings. The molecule has 2 unspecified atom stereocenters. The summed E-state index contributed by atoms with van der Waals surface area (Å²) in [4.78, 5) is 71.5. The summed E-state index contributed by atoms with van der Waals surface area (Å²) in [6.45, 7) is 10.6. The molecule has 0 saturated heterocycles. The van der Waals surface area contributed by atoms with Crippen molar-refractivity contribution in [3.05, 3.63) is 63.2 Å². The summed E-state index contributed by atoms with van der Waals surface area (Å²) in [6, 6.07) is 8.54. The van der Waals surface area contributed by atoms with Crippen molar-refractivity contribution in [3.8, 4) is 11.5 Å². The monoisotopic (exact) mass is 743 g/mol. The number of aryl methyl sites for hydroxylation is 2. The fraction of sp³-hybridized carbons (Fsp3) is 0.564. The molecule has 0 N–H and O–H groups in total. The first-order valence-electron chi connectivity index (χ1n) is 18.1. The van der Waals surface area contributed by atoms with Gasteiger partial charge in [0.1, 0.15) is 31.3 Å². The van der Waals surface area contributed by atoms with Crippen LogP contribution in [0, 0.1) is 35.8 Å². The second kappa shape index (κ2) is 23.5. The lowest BCUT2D eigenvalue weighted by Crippen LogP contribution is -2.31. The van der Waals surface area contributed by atoms with Crippen molar-refractivity contribution in [1.29, 1.82) is 0 Å². The molecule has 0 radical (unpaired) electrons. The van der Waals surface area contributed by atoms with Gasteiger partial charge in [-0.1, -0.05) is 53.4 Å². The van der Waals surface area contributed by atoms with Crippen LogP contribution in [-0.2, 0) is 44.7 Å². The van der Waals surface area contributed by atoms with Crippen LogP contribution in [0.1, 0.15) is 109 Å². The largest absolute Gasteiger partial charge is 0.514 e. The smallest absolute Gasteiger partial charge is 0.462 e.